The molecule has 17 heavy (non-hydrogen) atoms. The Labute approximate surface area is 113 Å². The zero-order valence-electron chi connectivity index (χ0n) is 11.0. The van der Waals surface area contributed by atoms with Gasteiger partial charge in [-0.3, -0.25) is 4.99 Å². The Morgan fingerprint density at radius 3 is 2.53 bits per heavy atom. The van der Waals surface area contributed by atoms with E-state index in [1.165, 1.54) is 5.57 Å². The van der Waals surface area contributed by atoms with Gasteiger partial charge in [0.25, 0.3) is 0 Å². The molecule has 1 unspecified atom stereocenters. The minimum atomic E-state index is 0.247. The first-order chi connectivity index (χ1) is 8.10. The average Bonchev–Trinajstić information content (AvgIpc) is 2.31. The maximum Gasteiger partial charge on any atom is 0.105 e. The number of rotatable bonds is 7. The standard InChI is InChI=1S/C12H23BrN4/c1-5-17-12(13)10(7-14)6-11(16-4)9(2)8-15-3/h7-8,11,15-16H,5-6,14H2,1-4H3/b9-8-,10-7?,17-12?. The second kappa shape index (κ2) is 9.24. The maximum atomic E-state index is 5.65. The highest BCUT2D eigenvalue weighted by Crippen LogP contribution is 2.15. The Morgan fingerprint density at radius 1 is 1.47 bits per heavy atom. The third kappa shape index (κ3) is 5.89. The van der Waals surface area contributed by atoms with Crippen LogP contribution >= 0.6 is 15.9 Å². The van der Waals surface area contributed by atoms with Crippen molar-refractivity contribution >= 4 is 20.6 Å². The summed E-state index contributed by atoms with van der Waals surface area (Å²) in [6, 6.07) is 0.247. The largest absolute Gasteiger partial charge is 0.404 e. The number of aliphatic imine (C=N–C) groups is 1. The summed E-state index contributed by atoms with van der Waals surface area (Å²) in [7, 11) is 3.83. The summed E-state index contributed by atoms with van der Waals surface area (Å²) in [6.07, 6.45) is 4.40. The number of halogens is 1. The lowest BCUT2D eigenvalue weighted by atomic mass is 10.0. The molecule has 0 radical (unpaired) electrons. The van der Waals surface area contributed by atoms with Gasteiger partial charge in [0.15, 0.2) is 0 Å². The van der Waals surface area contributed by atoms with Crippen LogP contribution in [-0.4, -0.2) is 31.3 Å². The van der Waals surface area contributed by atoms with E-state index in [1.807, 2.05) is 27.2 Å². The molecule has 1 atom stereocenters. The summed E-state index contributed by atoms with van der Waals surface area (Å²) in [6.45, 7) is 4.82. The lowest BCUT2D eigenvalue weighted by molar-refractivity contribution is 0.632. The maximum absolute atomic E-state index is 5.65. The van der Waals surface area contributed by atoms with E-state index in [-0.39, 0.29) is 6.04 Å². The Morgan fingerprint density at radius 2 is 2.12 bits per heavy atom. The number of nitrogens with zero attached hydrogens (tertiary/aromatic N) is 1. The summed E-state index contributed by atoms with van der Waals surface area (Å²) in [5.41, 5.74) is 7.88. The van der Waals surface area contributed by atoms with Gasteiger partial charge in [-0.05, 0) is 61.2 Å². The van der Waals surface area contributed by atoms with E-state index < -0.39 is 0 Å². The summed E-state index contributed by atoms with van der Waals surface area (Å²) in [5, 5.41) is 6.30. The second-order valence-electron chi connectivity index (χ2n) is 3.68. The van der Waals surface area contributed by atoms with Crippen LogP contribution in [0.1, 0.15) is 20.3 Å². The van der Waals surface area contributed by atoms with Gasteiger partial charge in [-0.25, -0.2) is 0 Å². The first-order valence-corrected chi connectivity index (χ1v) is 6.52. The predicted molar refractivity (Wildman–Crippen MR) is 79.5 cm³/mol. The van der Waals surface area contributed by atoms with Crippen molar-refractivity contribution < 1.29 is 0 Å². The minimum absolute atomic E-state index is 0.247. The lowest BCUT2D eigenvalue weighted by Gasteiger charge is -2.18. The van der Waals surface area contributed by atoms with Gasteiger partial charge in [-0.2, -0.15) is 0 Å². The smallest absolute Gasteiger partial charge is 0.105 e. The highest BCUT2D eigenvalue weighted by Gasteiger charge is 2.13. The average molecular weight is 303 g/mol. The third-order valence-corrected chi connectivity index (χ3v) is 3.22. The molecule has 0 saturated heterocycles. The molecule has 5 heteroatoms. The van der Waals surface area contributed by atoms with Crippen LogP contribution in [0.3, 0.4) is 0 Å². The molecule has 0 bridgehead atoms. The number of nitrogens with two attached hydrogens (primary N) is 1. The van der Waals surface area contributed by atoms with Gasteiger partial charge in [0, 0.05) is 25.2 Å². The van der Waals surface area contributed by atoms with E-state index in [4.69, 9.17) is 5.73 Å². The normalized spacial score (nSPS) is 15.9. The van der Waals surface area contributed by atoms with Crippen LogP contribution in [0.25, 0.3) is 0 Å². The summed E-state index contributed by atoms with van der Waals surface area (Å²) < 4.78 is 0.833. The molecule has 98 valence electrons. The van der Waals surface area contributed by atoms with Crippen LogP contribution in [0.4, 0.5) is 0 Å². The fraction of sp³-hybridized carbons (Fsp3) is 0.583. The van der Waals surface area contributed by atoms with Gasteiger partial charge in [0.2, 0.25) is 0 Å². The lowest BCUT2D eigenvalue weighted by Crippen LogP contribution is -2.28. The fourth-order valence-electron chi connectivity index (χ4n) is 1.50. The molecular formula is C12H23BrN4. The second-order valence-corrected chi connectivity index (χ2v) is 4.43. The number of hydrogen-bond acceptors (Lipinski definition) is 4. The topological polar surface area (TPSA) is 62.4 Å². The van der Waals surface area contributed by atoms with Crippen LogP contribution in [0.5, 0.6) is 0 Å². The van der Waals surface area contributed by atoms with Crippen molar-refractivity contribution in [2.24, 2.45) is 10.7 Å². The van der Waals surface area contributed by atoms with E-state index in [0.29, 0.717) is 0 Å². The zero-order valence-corrected chi connectivity index (χ0v) is 12.6. The highest BCUT2D eigenvalue weighted by molar-refractivity contribution is 9.18. The molecule has 4 N–H and O–H groups in total. The molecule has 0 saturated carbocycles. The van der Waals surface area contributed by atoms with E-state index in [9.17, 15) is 0 Å². The van der Waals surface area contributed by atoms with Crippen molar-refractivity contribution in [2.75, 3.05) is 20.6 Å². The Kier molecular flexibility index (Phi) is 8.80. The van der Waals surface area contributed by atoms with E-state index >= 15 is 0 Å². The van der Waals surface area contributed by atoms with Crippen molar-refractivity contribution in [3.63, 3.8) is 0 Å². The van der Waals surface area contributed by atoms with Crippen LogP contribution in [-0.2, 0) is 0 Å². The molecule has 0 aliphatic heterocycles. The quantitative estimate of drug-likeness (QED) is 0.628. The molecule has 0 rings (SSSR count). The molecule has 0 aromatic rings. The molecule has 0 aliphatic carbocycles. The van der Waals surface area contributed by atoms with Crippen molar-refractivity contribution in [3.05, 3.63) is 23.5 Å². The molecule has 0 aliphatic rings. The van der Waals surface area contributed by atoms with Crippen molar-refractivity contribution in [1.29, 1.82) is 0 Å². The van der Waals surface area contributed by atoms with E-state index in [0.717, 1.165) is 23.2 Å². The Hall–Kier alpha value is -0.810. The van der Waals surface area contributed by atoms with Crippen molar-refractivity contribution in [3.8, 4) is 0 Å². The summed E-state index contributed by atoms with van der Waals surface area (Å²) >= 11 is 3.45. The van der Waals surface area contributed by atoms with Gasteiger partial charge in [-0.15, -0.1) is 0 Å². The third-order valence-electron chi connectivity index (χ3n) is 2.46. The molecule has 0 spiro atoms. The summed E-state index contributed by atoms with van der Waals surface area (Å²) in [4.78, 5) is 4.31. The van der Waals surface area contributed by atoms with Gasteiger partial charge in [0.1, 0.15) is 4.62 Å². The van der Waals surface area contributed by atoms with Gasteiger partial charge >= 0.3 is 0 Å². The van der Waals surface area contributed by atoms with Crippen molar-refractivity contribution in [1.82, 2.24) is 10.6 Å². The molecular weight excluding hydrogens is 280 g/mol. The van der Waals surface area contributed by atoms with Crippen LogP contribution < -0.4 is 16.4 Å². The monoisotopic (exact) mass is 302 g/mol. The number of hydrogen-bond donors (Lipinski definition) is 3. The van der Waals surface area contributed by atoms with Gasteiger partial charge in [-0.1, -0.05) is 0 Å². The van der Waals surface area contributed by atoms with Crippen molar-refractivity contribution in [2.45, 2.75) is 26.3 Å². The summed E-state index contributed by atoms with van der Waals surface area (Å²) in [5.74, 6) is 0. The van der Waals surface area contributed by atoms with Gasteiger partial charge in [0.05, 0.1) is 0 Å². The van der Waals surface area contributed by atoms with E-state index in [2.05, 4.69) is 38.5 Å². The Bertz CT molecular complexity index is 308. The first kappa shape index (κ1) is 16.2. The number of likely N-dealkylation sites (N-methyl/N-ethyl adjacent to an activating group) is 1. The first-order valence-electron chi connectivity index (χ1n) is 5.72. The highest BCUT2D eigenvalue weighted by atomic mass is 79.9. The predicted octanol–water partition coefficient (Wildman–Crippen LogP) is 1.74. The fourth-order valence-corrected chi connectivity index (χ4v) is 2.05. The van der Waals surface area contributed by atoms with E-state index in [1.54, 1.807) is 6.20 Å². The molecule has 0 heterocycles. The van der Waals surface area contributed by atoms with Gasteiger partial charge < -0.3 is 16.4 Å². The molecule has 0 amide bonds. The minimum Gasteiger partial charge on any atom is -0.404 e. The molecule has 0 fully saturated rings. The number of nitrogens with one attached hydrogen (secondary N) is 2. The molecule has 4 nitrogen and oxygen atoms in total. The molecule has 0 aromatic carbocycles. The van der Waals surface area contributed by atoms with Crippen LogP contribution in [0, 0.1) is 0 Å². The Balaban J connectivity index is 4.76. The van der Waals surface area contributed by atoms with Crippen LogP contribution in [0.15, 0.2) is 28.5 Å². The zero-order chi connectivity index (χ0) is 13.3. The SMILES string of the molecule is CCN=C(Br)C(=CN)CC(NC)/C(C)=C\NC. The van der Waals surface area contributed by atoms with Crippen LogP contribution in [0.2, 0.25) is 0 Å². The molecule has 0 aromatic heterocycles.